The van der Waals surface area contributed by atoms with E-state index in [0.717, 1.165) is 5.56 Å². The summed E-state index contributed by atoms with van der Waals surface area (Å²) in [4.78, 5) is 14.6. The molecule has 0 saturated heterocycles. The number of halogens is 2. The minimum Gasteiger partial charge on any atom is -0.345 e. The quantitative estimate of drug-likeness (QED) is 0.847. The molecule has 0 fully saturated rings. The Hall–Kier alpha value is -0.770. The van der Waals surface area contributed by atoms with E-state index in [0.29, 0.717) is 18.1 Å². The second-order valence-corrected chi connectivity index (χ2v) is 7.28. The number of benzene rings is 1. The first-order valence-corrected chi connectivity index (χ1v) is 7.76. The molecule has 1 unspecified atom stereocenters. The maximum absolute atomic E-state index is 12.8. The number of hydrogen-bond donors (Lipinski definition) is 1. The minimum absolute atomic E-state index is 0. The van der Waals surface area contributed by atoms with E-state index in [1.54, 1.807) is 4.90 Å². The van der Waals surface area contributed by atoms with Crippen LogP contribution in [0.1, 0.15) is 39.2 Å². The number of nitrogens with zero attached hydrogens (tertiary/aromatic N) is 1. The van der Waals surface area contributed by atoms with Crippen LogP contribution in [0, 0.1) is 11.3 Å². The molecule has 2 N–H and O–H groups in total. The Labute approximate surface area is 145 Å². The lowest BCUT2D eigenvalue weighted by molar-refractivity contribution is -0.133. The van der Waals surface area contributed by atoms with Gasteiger partial charge in [-0.15, -0.1) is 12.4 Å². The molecule has 1 atom stereocenters. The largest absolute Gasteiger partial charge is 0.345 e. The van der Waals surface area contributed by atoms with Gasteiger partial charge in [0.25, 0.3) is 0 Å². The van der Waals surface area contributed by atoms with Crippen molar-refractivity contribution in [3.8, 4) is 0 Å². The van der Waals surface area contributed by atoms with Gasteiger partial charge in [-0.1, -0.05) is 51.4 Å². The smallest absolute Gasteiger partial charge is 0.230 e. The van der Waals surface area contributed by atoms with Crippen molar-refractivity contribution >= 4 is 29.9 Å². The number of rotatable bonds is 6. The van der Waals surface area contributed by atoms with Crippen molar-refractivity contribution in [2.45, 2.75) is 33.6 Å². The van der Waals surface area contributed by atoms with E-state index in [9.17, 15) is 4.79 Å². The average molecular weight is 347 g/mol. The standard InChI is InChI=1S/C17H27ClN2O.ClH/c1-12(2)15(13-7-6-8-14(18)9-13)16(21)20(5)11-17(3,4)10-19;/h6-9,12,15H,10-11,19H2,1-5H3;1H. The van der Waals surface area contributed by atoms with Gasteiger partial charge in [0, 0.05) is 18.6 Å². The van der Waals surface area contributed by atoms with Crippen molar-refractivity contribution in [3.63, 3.8) is 0 Å². The Balaban J connectivity index is 0.00000441. The third-order valence-electron chi connectivity index (χ3n) is 3.73. The Morgan fingerprint density at radius 3 is 2.41 bits per heavy atom. The Bertz CT molecular complexity index is 489. The molecule has 3 nitrogen and oxygen atoms in total. The fourth-order valence-electron chi connectivity index (χ4n) is 2.53. The molecule has 22 heavy (non-hydrogen) atoms. The molecule has 0 aliphatic rings. The van der Waals surface area contributed by atoms with Crippen LogP contribution in [0.15, 0.2) is 24.3 Å². The second-order valence-electron chi connectivity index (χ2n) is 6.84. The zero-order chi connectivity index (χ0) is 16.2. The van der Waals surface area contributed by atoms with Gasteiger partial charge in [0.05, 0.1) is 5.92 Å². The summed E-state index contributed by atoms with van der Waals surface area (Å²) in [6, 6.07) is 7.57. The van der Waals surface area contributed by atoms with Gasteiger partial charge in [-0.05, 0) is 35.6 Å². The van der Waals surface area contributed by atoms with Gasteiger partial charge in [0.2, 0.25) is 5.91 Å². The first kappa shape index (κ1) is 21.2. The van der Waals surface area contributed by atoms with E-state index >= 15 is 0 Å². The van der Waals surface area contributed by atoms with E-state index in [4.69, 9.17) is 17.3 Å². The highest BCUT2D eigenvalue weighted by Gasteiger charge is 2.29. The zero-order valence-electron chi connectivity index (χ0n) is 14.1. The van der Waals surface area contributed by atoms with Gasteiger partial charge in [-0.3, -0.25) is 4.79 Å². The fraction of sp³-hybridized carbons (Fsp3) is 0.588. The van der Waals surface area contributed by atoms with E-state index in [2.05, 4.69) is 27.7 Å². The molecule has 1 aromatic rings. The molecular formula is C17H28Cl2N2O. The number of nitrogens with two attached hydrogens (primary N) is 1. The number of likely N-dealkylation sites (N-methyl/N-ethyl adjacent to an activating group) is 1. The third-order valence-corrected chi connectivity index (χ3v) is 3.97. The van der Waals surface area contributed by atoms with E-state index in [-0.39, 0.29) is 35.6 Å². The summed E-state index contributed by atoms with van der Waals surface area (Å²) in [5.41, 5.74) is 6.66. The maximum atomic E-state index is 12.8. The lowest BCUT2D eigenvalue weighted by Crippen LogP contribution is -2.42. The molecule has 0 saturated carbocycles. The normalized spacial score (nSPS) is 12.7. The average Bonchev–Trinajstić information content (AvgIpc) is 2.38. The van der Waals surface area contributed by atoms with E-state index in [1.807, 2.05) is 31.3 Å². The number of amides is 1. The van der Waals surface area contributed by atoms with Gasteiger partial charge in [-0.2, -0.15) is 0 Å². The summed E-state index contributed by atoms with van der Waals surface area (Å²) < 4.78 is 0. The summed E-state index contributed by atoms with van der Waals surface area (Å²) in [5.74, 6) is 0.149. The molecule has 126 valence electrons. The van der Waals surface area contributed by atoms with Gasteiger partial charge >= 0.3 is 0 Å². The van der Waals surface area contributed by atoms with Gasteiger partial charge in [0.15, 0.2) is 0 Å². The van der Waals surface area contributed by atoms with Crippen LogP contribution in [-0.4, -0.2) is 30.9 Å². The number of hydrogen-bond acceptors (Lipinski definition) is 2. The fourth-order valence-corrected chi connectivity index (χ4v) is 2.73. The Kier molecular flexibility index (Phi) is 8.45. The molecule has 0 spiro atoms. The molecule has 0 radical (unpaired) electrons. The van der Waals surface area contributed by atoms with Crippen molar-refractivity contribution in [2.75, 3.05) is 20.1 Å². The number of carbonyl (C=O) groups excluding carboxylic acids is 1. The molecule has 1 rings (SSSR count). The van der Waals surface area contributed by atoms with Crippen LogP contribution in [0.5, 0.6) is 0 Å². The summed E-state index contributed by atoms with van der Waals surface area (Å²) >= 11 is 6.07. The number of carbonyl (C=O) groups is 1. The lowest BCUT2D eigenvalue weighted by Gasteiger charge is -2.32. The topological polar surface area (TPSA) is 46.3 Å². The lowest BCUT2D eigenvalue weighted by atomic mass is 9.86. The van der Waals surface area contributed by atoms with Crippen LogP contribution in [0.25, 0.3) is 0 Å². The predicted molar refractivity (Wildman–Crippen MR) is 96.8 cm³/mol. The molecule has 1 amide bonds. The van der Waals surface area contributed by atoms with E-state index < -0.39 is 0 Å². The molecule has 1 aromatic carbocycles. The van der Waals surface area contributed by atoms with Crippen LogP contribution in [0.4, 0.5) is 0 Å². The summed E-state index contributed by atoms with van der Waals surface area (Å²) in [7, 11) is 1.85. The Morgan fingerprint density at radius 1 is 1.36 bits per heavy atom. The first-order valence-electron chi connectivity index (χ1n) is 7.38. The highest BCUT2D eigenvalue weighted by Crippen LogP contribution is 2.29. The molecule has 5 heteroatoms. The molecule has 0 aliphatic carbocycles. The summed E-state index contributed by atoms with van der Waals surface area (Å²) in [5, 5.41) is 0.663. The van der Waals surface area contributed by atoms with Gasteiger partial charge < -0.3 is 10.6 Å². The molecule has 0 aromatic heterocycles. The monoisotopic (exact) mass is 346 g/mol. The molecular weight excluding hydrogens is 319 g/mol. The van der Waals surface area contributed by atoms with Crippen molar-refractivity contribution in [3.05, 3.63) is 34.9 Å². The van der Waals surface area contributed by atoms with Crippen LogP contribution >= 0.6 is 24.0 Å². The maximum Gasteiger partial charge on any atom is 0.230 e. The highest BCUT2D eigenvalue weighted by molar-refractivity contribution is 6.30. The SMILES string of the molecule is CC(C)C(C(=O)N(C)CC(C)(C)CN)c1cccc(Cl)c1.Cl. The van der Waals surface area contributed by atoms with Crippen LogP contribution in [-0.2, 0) is 4.79 Å². The molecule has 0 aliphatic heterocycles. The second kappa shape index (κ2) is 8.76. The molecule has 0 heterocycles. The van der Waals surface area contributed by atoms with Crippen molar-refractivity contribution in [1.82, 2.24) is 4.90 Å². The van der Waals surface area contributed by atoms with Crippen molar-refractivity contribution < 1.29 is 4.79 Å². The van der Waals surface area contributed by atoms with E-state index in [1.165, 1.54) is 0 Å². The van der Waals surface area contributed by atoms with Crippen molar-refractivity contribution in [1.29, 1.82) is 0 Å². The minimum atomic E-state index is -0.178. The Morgan fingerprint density at radius 2 is 1.95 bits per heavy atom. The van der Waals surface area contributed by atoms with Crippen LogP contribution in [0.2, 0.25) is 5.02 Å². The van der Waals surface area contributed by atoms with Crippen LogP contribution in [0.3, 0.4) is 0 Å². The van der Waals surface area contributed by atoms with Gasteiger partial charge in [0.1, 0.15) is 0 Å². The molecule has 0 bridgehead atoms. The van der Waals surface area contributed by atoms with Crippen LogP contribution < -0.4 is 5.73 Å². The zero-order valence-corrected chi connectivity index (χ0v) is 15.7. The first-order chi connectivity index (χ1) is 9.68. The summed E-state index contributed by atoms with van der Waals surface area (Å²) in [6.07, 6.45) is 0. The predicted octanol–water partition coefficient (Wildman–Crippen LogP) is 3.94. The van der Waals surface area contributed by atoms with Crippen molar-refractivity contribution in [2.24, 2.45) is 17.1 Å². The highest BCUT2D eigenvalue weighted by atomic mass is 35.5. The third kappa shape index (κ3) is 5.79. The summed E-state index contributed by atoms with van der Waals surface area (Å²) in [6.45, 7) is 9.46. The van der Waals surface area contributed by atoms with Gasteiger partial charge in [-0.25, -0.2) is 0 Å².